The van der Waals surface area contributed by atoms with Crippen LogP contribution in [0.1, 0.15) is 0 Å². The topological polar surface area (TPSA) is 31.2 Å². The molecule has 0 aromatic heterocycles. The van der Waals surface area contributed by atoms with Gasteiger partial charge in [-0.2, -0.15) is 0 Å². The van der Waals surface area contributed by atoms with Crippen LogP contribution in [0.15, 0.2) is 131 Å². The van der Waals surface area contributed by atoms with Gasteiger partial charge in [-0.1, -0.05) is 85.0 Å². The van der Waals surface area contributed by atoms with Crippen LogP contribution in [0.4, 0.5) is 22.7 Å². The minimum Gasteiger partial charge on any atom is -0.267 e. The summed E-state index contributed by atoms with van der Waals surface area (Å²) < 4.78 is 0. The molecule has 0 radical (unpaired) electrons. The monoisotopic (exact) mass is 432 g/mol. The van der Waals surface area contributed by atoms with Crippen molar-refractivity contribution < 1.29 is 0 Å². The maximum Gasteiger partial charge on any atom is 0.222 e. The molecule has 4 aromatic rings. The summed E-state index contributed by atoms with van der Waals surface area (Å²) in [6.45, 7) is 0. The number of thiocarbonyl (C=S) groups is 1. The molecule has 0 amide bonds. The van der Waals surface area contributed by atoms with Crippen LogP contribution in [0.3, 0.4) is 0 Å². The average Bonchev–Trinajstić information content (AvgIpc) is 3.12. The van der Waals surface area contributed by atoms with Crippen LogP contribution < -0.4 is 9.80 Å². The third-order valence-corrected chi connectivity index (χ3v) is 5.38. The van der Waals surface area contributed by atoms with E-state index in [1.165, 1.54) is 0 Å². The van der Waals surface area contributed by atoms with Gasteiger partial charge in [0, 0.05) is 0 Å². The second-order valence-electron chi connectivity index (χ2n) is 7.17. The van der Waals surface area contributed by atoms with Crippen molar-refractivity contribution in [1.29, 1.82) is 0 Å². The van der Waals surface area contributed by atoms with Crippen LogP contribution in [0.5, 0.6) is 0 Å². The van der Waals surface area contributed by atoms with Crippen LogP contribution in [0, 0.1) is 0 Å². The molecule has 0 aliphatic carbocycles. The van der Waals surface area contributed by atoms with Crippen molar-refractivity contribution >= 4 is 51.8 Å². The van der Waals surface area contributed by atoms with Gasteiger partial charge in [-0.25, -0.2) is 9.98 Å². The van der Waals surface area contributed by atoms with Crippen molar-refractivity contribution in [3.8, 4) is 0 Å². The number of hydrogen-bond donors (Lipinski definition) is 0. The number of aliphatic imine (C=N–C) groups is 2. The SMILES string of the molecule is S=C1C(=Nc2ccccc2)N(c2ccccc2)C(=Nc2ccccc2)N1c1ccccc1. The molecular weight excluding hydrogens is 412 g/mol. The molecule has 0 atom stereocenters. The number of amidine groups is 1. The van der Waals surface area contributed by atoms with Gasteiger partial charge in [-0.05, 0) is 48.5 Å². The van der Waals surface area contributed by atoms with Gasteiger partial charge in [0.25, 0.3) is 0 Å². The molecule has 0 unspecified atom stereocenters. The normalized spacial score (nSPS) is 16.2. The molecule has 154 valence electrons. The highest BCUT2D eigenvalue weighted by Gasteiger charge is 2.39. The molecule has 1 saturated heterocycles. The third-order valence-electron chi connectivity index (χ3n) is 5.01. The van der Waals surface area contributed by atoms with E-state index in [9.17, 15) is 0 Å². The van der Waals surface area contributed by atoms with Crippen molar-refractivity contribution in [2.24, 2.45) is 9.98 Å². The second-order valence-corrected chi connectivity index (χ2v) is 7.55. The van der Waals surface area contributed by atoms with Gasteiger partial charge >= 0.3 is 0 Å². The highest BCUT2D eigenvalue weighted by atomic mass is 32.1. The fourth-order valence-corrected chi connectivity index (χ4v) is 3.87. The highest BCUT2D eigenvalue weighted by molar-refractivity contribution is 7.82. The molecule has 4 aromatic carbocycles. The zero-order valence-electron chi connectivity index (χ0n) is 17.2. The van der Waals surface area contributed by atoms with Gasteiger partial charge in [0.05, 0.1) is 22.7 Å². The minimum atomic E-state index is 0.596. The molecule has 5 heteroatoms. The third kappa shape index (κ3) is 3.94. The van der Waals surface area contributed by atoms with Gasteiger partial charge in [0.1, 0.15) is 0 Å². The van der Waals surface area contributed by atoms with Gasteiger partial charge in [-0.3, -0.25) is 9.80 Å². The van der Waals surface area contributed by atoms with E-state index in [4.69, 9.17) is 22.2 Å². The number of hydrogen-bond acceptors (Lipinski definition) is 3. The fourth-order valence-electron chi connectivity index (χ4n) is 3.55. The molecule has 0 N–H and O–H groups in total. The number of rotatable bonds is 4. The van der Waals surface area contributed by atoms with E-state index in [1.807, 2.05) is 131 Å². The lowest BCUT2D eigenvalue weighted by Gasteiger charge is -2.22. The minimum absolute atomic E-state index is 0.596. The Morgan fingerprint density at radius 2 is 0.875 bits per heavy atom. The van der Waals surface area contributed by atoms with Gasteiger partial charge < -0.3 is 0 Å². The molecule has 1 heterocycles. The molecule has 0 saturated carbocycles. The smallest absolute Gasteiger partial charge is 0.222 e. The Kier molecular flexibility index (Phi) is 5.56. The van der Waals surface area contributed by atoms with E-state index in [2.05, 4.69) is 0 Å². The summed E-state index contributed by atoms with van der Waals surface area (Å²) in [5.41, 5.74) is 3.55. The van der Waals surface area contributed by atoms with E-state index in [0.29, 0.717) is 16.8 Å². The maximum atomic E-state index is 5.99. The van der Waals surface area contributed by atoms with E-state index in [-0.39, 0.29) is 0 Å². The molecule has 1 fully saturated rings. The van der Waals surface area contributed by atoms with Crippen molar-refractivity contribution in [3.05, 3.63) is 121 Å². The van der Waals surface area contributed by atoms with Crippen LogP contribution in [-0.2, 0) is 0 Å². The Labute approximate surface area is 192 Å². The molecule has 5 rings (SSSR count). The quantitative estimate of drug-likeness (QED) is 0.334. The van der Waals surface area contributed by atoms with E-state index in [1.54, 1.807) is 0 Å². The van der Waals surface area contributed by atoms with E-state index < -0.39 is 0 Å². The molecule has 0 bridgehead atoms. The summed E-state index contributed by atoms with van der Waals surface area (Å²) in [5, 5.41) is 0. The summed E-state index contributed by atoms with van der Waals surface area (Å²) in [6.07, 6.45) is 0. The van der Waals surface area contributed by atoms with Crippen molar-refractivity contribution in [3.63, 3.8) is 0 Å². The van der Waals surface area contributed by atoms with Gasteiger partial charge in [-0.15, -0.1) is 0 Å². The molecule has 1 aliphatic rings. The predicted molar refractivity (Wildman–Crippen MR) is 138 cm³/mol. The summed E-state index contributed by atoms with van der Waals surface area (Å²) in [4.78, 5) is 14.6. The van der Waals surface area contributed by atoms with E-state index >= 15 is 0 Å². The molecule has 1 aliphatic heterocycles. The largest absolute Gasteiger partial charge is 0.267 e. The Morgan fingerprint density at radius 1 is 0.469 bits per heavy atom. The lowest BCUT2D eigenvalue weighted by atomic mass is 10.3. The number of guanidine groups is 1. The first-order chi connectivity index (χ1) is 15.8. The van der Waals surface area contributed by atoms with Crippen molar-refractivity contribution in [2.75, 3.05) is 9.80 Å². The van der Waals surface area contributed by atoms with Gasteiger partial charge in [0.15, 0.2) is 10.8 Å². The van der Waals surface area contributed by atoms with Crippen LogP contribution in [0.25, 0.3) is 0 Å². The van der Waals surface area contributed by atoms with E-state index in [0.717, 1.165) is 22.7 Å². The number of nitrogens with zero attached hydrogens (tertiary/aromatic N) is 4. The average molecular weight is 433 g/mol. The summed E-state index contributed by atoms with van der Waals surface area (Å²) in [5.74, 6) is 1.35. The first kappa shape index (κ1) is 19.8. The van der Waals surface area contributed by atoms with Crippen LogP contribution in [-0.4, -0.2) is 16.8 Å². The Balaban J connectivity index is 1.75. The molecule has 4 nitrogen and oxygen atoms in total. The molecule has 32 heavy (non-hydrogen) atoms. The maximum absolute atomic E-state index is 5.99. The Hall–Kier alpha value is -4.09. The lowest BCUT2D eigenvalue weighted by molar-refractivity contribution is 1.33. The summed E-state index contributed by atoms with van der Waals surface area (Å²) in [7, 11) is 0. The van der Waals surface area contributed by atoms with Crippen molar-refractivity contribution in [1.82, 2.24) is 0 Å². The number of benzene rings is 4. The van der Waals surface area contributed by atoms with Crippen molar-refractivity contribution in [2.45, 2.75) is 0 Å². The second kappa shape index (κ2) is 8.96. The highest BCUT2D eigenvalue weighted by Crippen LogP contribution is 2.31. The predicted octanol–water partition coefficient (Wildman–Crippen LogP) is 6.76. The first-order valence-corrected chi connectivity index (χ1v) is 10.7. The van der Waals surface area contributed by atoms with Gasteiger partial charge in [0.2, 0.25) is 5.96 Å². The summed E-state index contributed by atoms with van der Waals surface area (Å²) >= 11 is 5.99. The lowest BCUT2D eigenvalue weighted by Crippen LogP contribution is -2.35. The molecule has 0 spiro atoms. The van der Waals surface area contributed by atoms with Crippen LogP contribution in [0.2, 0.25) is 0 Å². The molecular formula is C27H20N4S. The Bertz CT molecular complexity index is 1270. The number of anilines is 2. The Morgan fingerprint density at radius 3 is 1.38 bits per heavy atom. The first-order valence-electron chi connectivity index (χ1n) is 10.3. The summed E-state index contributed by atoms with van der Waals surface area (Å²) in [6, 6.07) is 39.9. The zero-order chi connectivity index (χ0) is 21.8. The fraction of sp³-hybridized carbons (Fsp3) is 0. The van der Waals surface area contributed by atoms with Crippen LogP contribution >= 0.6 is 12.2 Å². The number of para-hydroxylation sites is 4. The standard InChI is InChI=1S/C27H20N4S/c32-26-25(28-21-13-5-1-6-14-21)30(23-17-9-3-10-18-23)27(29-22-15-7-2-8-16-22)31(26)24-19-11-4-12-20-24/h1-20H. The zero-order valence-corrected chi connectivity index (χ0v) is 18.1.